The van der Waals surface area contributed by atoms with E-state index in [0.29, 0.717) is 17.5 Å². The fourth-order valence-electron chi connectivity index (χ4n) is 4.12. The van der Waals surface area contributed by atoms with Crippen LogP contribution < -0.4 is 10.5 Å². The molecule has 9 heteroatoms. The number of nitrogens with zero attached hydrogens (tertiary/aromatic N) is 4. The van der Waals surface area contributed by atoms with Gasteiger partial charge in [0.25, 0.3) is 5.56 Å². The first kappa shape index (κ1) is 19.2. The van der Waals surface area contributed by atoms with Crippen LogP contribution in [-0.2, 0) is 11.3 Å². The molecule has 5 rings (SSSR count). The Morgan fingerprint density at radius 1 is 1.37 bits per heavy atom. The largest absolute Gasteiger partial charge is 0.396 e. The molecule has 0 saturated carbocycles. The predicted molar refractivity (Wildman–Crippen MR) is 118 cm³/mol. The van der Waals surface area contributed by atoms with Crippen molar-refractivity contribution in [3.8, 4) is 10.4 Å². The van der Waals surface area contributed by atoms with Crippen LogP contribution in [-0.4, -0.2) is 58.0 Å². The van der Waals surface area contributed by atoms with Crippen molar-refractivity contribution >= 4 is 38.3 Å². The number of H-pyrrole nitrogens is 1. The first-order valence-corrected chi connectivity index (χ1v) is 10.8. The monoisotopic (exact) mass is 425 g/mol. The van der Waals surface area contributed by atoms with Crippen molar-refractivity contribution in [1.82, 2.24) is 19.5 Å². The molecule has 3 aromatic heterocycles. The second-order valence-corrected chi connectivity index (χ2v) is 8.61. The number of hydrogen-bond donors (Lipinski definition) is 2. The summed E-state index contributed by atoms with van der Waals surface area (Å²) in [4.78, 5) is 27.6. The molecule has 0 spiro atoms. The average Bonchev–Trinajstić information content (AvgIpc) is 3.48. The molecule has 0 radical (unpaired) electrons. The number of thiophene rings is 1. The van der Waals surface area contributed by atoms with Crippen LogP contribution in [0.2, 0.25) is 0 Å². The molecule has 1 aliphatic heterocycles. The van der Waals surface area contributed by atoms with Gasteiger partial charge >= 0.3 is 0 Å². The SMILES string of the molecule is COCCn1cnc2cc(-c3sc(N4CCC(CO)C4)c4c(=O)[nH]cnc34)ccc21. The quantitative estimate of drug-likeness (QED) is 0.493. The molecule has 156 valence electrons. The molecule has 0 bridgehead atoms. The fourth-order valence-corrected chi connectivity index (χ4v) is 5.40. The molecule has 0 aliphatic carbocycles. The van der Waals surface area contributed by atoms with E-state index in [0.717, 1.165) is 52.5 Å². The van der Waals surface area contributed by atoms with E-state index in [9.17, 15) is 9.90 Å². The lowest BCUT2D eigenvalue weighted by molar-refractivity contribution is 0.188. The summed E-state index contributed by atoms with van der Waals surface area (Å²) in [7, 11) is 1.69. The molecule has 4 aromatic rings. The summed E-state index contributed by atoms with van der Waals surface area (Å²) in [5, 5.41) is 11.1. The van der Waals surface area contributed by atoms with E-state index in [1.54, 1.807) is 18.4 Å². The number of benzene rings is 1. The normalized spacial score (nSPS) is 16.9. The van der Waals surface area contributed by atoms with Gasteiger partial charge in [0.1, 0.15) is 10.4 Å². The van der Waals surface area contributed by atoms with Gasteiger partial charge in [0.05, 0.1) is 40.7 Å². The van der Waals surface area contributed by atoms with Gasteiger partial charge in [-0.3, -0.25) is 4.79 Å². The highest BCUT2D eigenvalue weighted by atomic mass is 32.1. The number of anilines is 1. The molecular weight excluding hydrogens is 402 g/mol. The van der Waals surface area contributed by atoms with Gasteiger partial charge in [-0.1, -0.05) is 6.07 Å². The summed E-state index contributed by atoms with van der Waals surface area (Å²) < 4.78 is 7.25. The van der Waals surface area contributed by atoms with E-state index in [-0.39, 0.29) is 18.1 Å². The van der Waals surface area contributed by atoms with E-state index in [1.165, 1.54) is 6.33 Å². The maximum atomic E-state index is 12.7. The summed E-state index contributed by atoms with van der Waals surface area (Å²) >= 11 is 1.59. The lowest BCUT2D eigenvalue weighted by Crippen LogP contribution is -2.21. The summed E-state index contributed by atoms with van der Waals surface area (Å²) in [6.45, 7) is 3.13. The second-order valence-electron chi connectivity index (χ2n) is 7.61. The highest BCUT2D eigenvalue weighted by Gasteiger charge is 2.27. The Morgan fingerprint density at radius 3 is 3.07 bits per heavy atom. The minimum absolute atomic E-state index is 0.130. The van der Waals surface area contributed by atoms with E-state index < -0.39 is 0 Å². The van der Waals surface area contributed by atoms with E-state index in [4.69, 9.17) is 4.74 Å². The predicted octanol–water partition coefficient (Wildman–Crippen LogP) is 2.47. The summed E-state index contributed by atoms with van der Waals surface area (Å²) in [6.07, 6.45) is 4.21. The van der Waals surface area contributed by atoms with Crippen molar-refractivity contribution in [2.24, 2.45) is 5.92 Å². The molecule has 4 heterocycles. The average molecular weight is 426 g/mol. The Balaban J connectivity index is 1.61. The number of nitrogens with one attached hydrogen (secondary N) is 1. The Labute approximate surface area is 176 Å². The van der Waals surface area contributed by atoms with Crippen LogP contribution in [0.5, 0.6) is 0 Å². The van der Waals surface area contributed by atoms with Crippen molar-refractivity contribution in [3.05, 3.63) is 41.2 Å². The lowest BCUT2D eigenvalue weighted by Gasteiger charge is -2.16. The van der Waals surface area contributed by atoms with Gasteiger partial charge in [0.2, 0.25) is 0 Å². The van der Waals surface area contributed by atoms with Crippen LogP contribution >= 0.6 is 11.3 Å². The third-order valence-electron chi connectivity index (χ3n) is 5.73. The van der Waals surface area contributed by atoms with Crippen LogP contribution in [0.1, 0.15) is 6.42 Å². The third kappa shape index (κ3) is 3.19. The smallest absolute Gasteiger partial charge is 0.261 e. The van der Waals surface area contributed by atoms with Crippen LogP contribution in [0.4, 0.5) is 5.00 Å². The number of aromatic amines is 1. The maximum absolute atomic E-state index is 12.7. The minimum atomic E-state index is -0.130. The van der Waals surface area contributed by atoms with Crippen LogP contribution in [0, 0.1) is 5.92 Å². The number of aliphatic hydroxyl groups excluding tert-OH is 1. The standard InChI is InChI=1S/C21H23N5O3S/c1-29-7-6-26-12-24-15-8-14(2-3-16(15)26)19-18-17(20(28)23-11-22-18)21(30-19)25-5-4-13(9-25)10-27/h2-3,8,11-13,27H,4-7,9-10H2,1H3,(H,22,23,28). The first-order valence-electron chi connectivity index (χ1n) is 9.99. The van der Waals surface area contributed by atoms with Crippen LogP contribution in [0.15, 0.2) is 35.6 Å². The Bertz CT molecular complexity index is 1260. The molecule has 8 nitrogen and oxygen atoms in total. The van der Waals surface area contributed by atoms with Gasteiger partial charge < -0.3 is 24.3 Å². The lowest BCUT2D eigenvalue weighted by atomic mass is 10.1. The fraction of sp³-hybridized carbons (Fsp3) is 0.381. The number of aliphatic hydroxyl groups is 1. The van der Waals surface area contributed by atoms with Crippen molar-refractivity contribution in [3.63, 3.8) is 0 Å². The first-order chi connectivity index (χ1) is 14.7. The second kappa shape index (κ2) is 7.82. The molecular formula is C21H23N5O3S. The molecule has 1 atom stereocenters. The highest BCUT2D eigenvalue weighted by Crippen LogP contribution is 2.43. The van der Waals surface area contributed by atoms with Gasteiger partial charge in [-0.2, -0.15) is 0 Å². The Kier molecular flexibility index (Phi) is 5.01. The molecule has 0 amide bonds. The van der Waals surface area contributed by atoms with Gasteiger partial charge in [-0.15, -0.1) is 11.3 Å². The Morgan fingerprint density at radius 2 is 2.27 bits per heavy atom. The van der Waals surface area contributed by atoms with E-state index >= 15 is 0 Å². The van der Waals surface area contributed by atoms with Gasteiger partial charge in [-0.05, 0) is 24.1 Å². The zero-order chi connectivity index (χ0) is 20.7. The summed E-state index contributed by atoms with van der Waals surface area (Å²) in [5.74, 6) is 0.244. The molecule has 2 N–H and O–H groups in total. The van der Waals surface area contributed by atoms with Crippen molar-refractivity contribution in [2.75, 3.05) is 38.3 Å². The minimum Gasteiger partial charge on any atom is -0.396 e. The number of rotatable bonds is 6. The molecule has 1 fully saturated rings. The molecule has 1 aliphatic rings. The summed E-state index contributed by atoms with van der Waals surface area (Å²) in [5.41, 5.74) is 3.53. The molecule has 30 heavy (non-hydrogen) atoms. The number of imidazole rings is 1. The van der Waals surface area contributed by atoms with Crippen LogP contribution in [0.3, 0.4) is 0 Å². The van der Waals surface area contributed by atoms with Crippen molar-refractivity contribution in [2.45, 2.75) is 13.0 Å². The van der Waals surface area contributed by atoms with Crippen LogP contribution in [0.25, 0.3) is 32.4 Å². The highest BCUT2D eigenvalue weighted by molar-refractivity contribution is 7.21. The number of ether oxygens (including phenoxy) is 1. The van der Waals surface area contributed by atoms with E-state index in [1.807, 2.05) is 6.33 Å². The number of methoxy groups -OCH3 is 1. The third-order valence-corrected chi connectivity index (χ3v) is 7.02. The van der Waals surface area contributed by atoms with Gasteiger partial charge in [0, 0.05) is 39.3 Å². The summed E-state index contributed by atoms with van der Waals surface area (Å²) in [6, 6.07) is 6.17. The van der Waals surface area contributed by atoms with Crippen molar-refractivity contribution in [1.29, 1.82) is 0 Å². The number of aromatic nitrogens is 4. The Hall–Kier alpha value is -2.75. The number of fused-ring (bicyclic) bond motifs is 2. The van der Waals surface area contributed by atoms with E-state index in [2.05, 4.69) is 42.6 Å². The zero-order valence-corrected chi connectivity index (χ0v) is 17.5. The molecule has 1 aromatic carbocycles. The topological polar surface area (TPSA) is 96.3 Å². The van der Waals surface area contributed by atoms with Gasteiger partial charge in [0.15, 0.2) is 0 Å². The zero-order valence-electron chi connectivity index (χ0n) is 16.7. The molecule has 1 unspecified atom stereocenters. The maximum Gasteiger partial charge on any atom is 0.261 e. The number of hydrogen-bond acceptors (Lipinski definition) is 7. The van der Waals surface area contributed by atoms with Gasteiger partial charge in [-0.25, -0.2) is 9.97 Å². The molecule has 1 saturated heterocycles. The van der Waals surface area contributed by atoms with Crippen molar-refractivity contribution < 1.29 is 9.84 Å².